The second kappa shape index (κ2) is 25.5. The lowest BCUT2D eigenvalue weighted by molar-refractivity contribution is -0.130. The first kappa shape index (κ1) is 51.7. The summed E-state index contributed by atoms with van der Waals surface area (Å²) >= 11 is 0. The number of aromatic hydroxyl groups is 3. The minimum absolute atomic E-state index is 0.124. The average molecular weight is 922 g/mol. The number of aromatic nitrogens is 3. The van der Waals surface area contributed by atoms with Crippen molar-refractivity contribution in [3.05, 3.63) is 84.5 Å². The van der Waals surface area contributed by atoms with Gasteiger partial charge in [0.1, 0.15) is 18.1 Å². The van der Waals surface area contributed by atoms with E-state index in [1.807, 2.05) is 0 Å². The molecule has 3 aromatic heterocycles. The van der Waals surface area contributed by atoms with Crippen LogP contribution in [0.25, 0.3) is 0 Å². The van der Waals surface area contributed by atoms with Crippen LogP contribution in [0.4, 0.5) is 0 Å². The molecule has 1 fully saturated rings. The molecule has 0 aliphatic carbocycles. The molecule has 0 spiro atoms. The fourth-order valence-electron chi connectivity index (χ4n) is 7.48. The third-order valence-electron chi connectivity index (χ3n) is 11.6. The van der Waals surface area contributed by atoms with E-state index in [4.69, 9.17) is 0 Å². The molecule has 3 aromatic rings. The summed E-state index contributed by atoms with van der Waals surface area (Å²) in [5.74, 6) is -4.36. The largest absolute Gasteiger partial charge is 0.503 e. The van der Waals surface area contributed by atoms with Crippen LogP contribution in [0.15, 0.2) is 51.2 Å². The third-order valence-corrected chi connectivity index (χ3v) is 11.6. The molecule has 0 bridgehead atoms. The molecular formula is C45H63N9O12. The molecule has 1 saturated heterocycles. The summed E-state index contributed by atoms with van der Waals surface area (Å²) in [4.78, 5) is 115. The highest BCUT2D eigenvalue weighted by Crippen LogP contribution is 2.15. The van der Waals surface area contributed by atoms with Crippen LogP contribution >= 0.6 is 0 Å². The molecule has 0 saturated carbocycles. The molecule has 360 valence electrons. The first-order valence-corrected chi connectivity index (χ1v) is 22.3. The summed E-state index contributed by atoms with van der Waals surface area (Å²) in [5.41, 5.74) is -0.339. The van der Waals surface area contributed by atoms with E-state index >= 15 is 0 Å². The molecule has 21 heteroatoms. The van der Waals surface area contributed by atoms with Gasteiger partial charge in [-0.3, -0.25) is 43.2 Å². The van der Waals surface area contributed by atoms with Gasteiger partial charge in [-0.05, 0) is 78.6 Å². The van der Waals surface area contributed by atoms with Crippen LogP contribution < -0.4 is 48.2 Å². The standard InChI is InChI=1S/C45H63N9O12/c1-28-40(61)34(55)16-25-52(28)22-7-4-10-31-43(64)46-19-14-38(59)50-33(12-6-9-24-54-27-18-36(57)42(63)30(54)3)45(66)48-21-15-39(60)51-32(44(65)47-20-13-37(58)49-31)11-5-8-23-53-26-17-35(56)41(62)29(53)2/h16-18,25-27,31-33,61-63H,4-15,19-24H2,1-3H3,(H,46,64)(H,47,65)(H,48,66)(H,49,58)(H,50,59)(H,51,60). The predicted octanol–water partition coefficient (Wildman–Crippen LogP) is 0.112. The van der Waals surface area contributed by atoms with Crippen molar-refractivity contribution in [2.75, 3.05) is 19.6 Å². The molecule has 6 amide bonds. The molecule has 9 N–H and O–H groups in total. The summed E-state index contributed by atoms with van der Waals surface area (Å²) in [5, 5.41) is 46.4. The van der Waals surface area contributed by atoms with Gasteiger partial charge in [-0.15, -0.1) is 0 Å². The highest BCUT2D eigenvalue weighted by molar-refractivity contribution is 5.91. The number of carbonyl (C=O) groups excluding carboxylic acids is 6. The quantitative estimate of drug-likeness (QED) is 0.0919. The Bertz CT molecular complexity index is 2130. The third kappa shape index (κ3) is 15.7. The van der Waals surface area contributed by atoms with Crippen molar-refractivity contribution < 1.29 is 44.1 Å². The van der Waals surface area contributed by atoms with Gasteiger partial charge in [-0.2, -0.15) is 0 Å². The van der Waals surface area contributed by atoms with Gasteiger partial charge in [0.15, 0.2) is 17.2 Å². The van der Waals surface area contributed by atoms with Gasteiger partial charge in [0, 0.05) is 95.3 Å². The summed E-state index contributed by atoms with van der Waals surface area (Å²) in [6, 6.07) is 0.675. The topological polar surface area (TPSA) is 301 Å². The Hall–Kier alpha value is -6.93. The van der Waals surface area contributed by atoms with Gasteiger partial charge < -0.3 is 60.9 Å². The zero-order valence-electron chi connectivity index (χ0n) is 37.8. The Morgan fingerprint density at radius 2 is 0.697 bits per heavy atom. The van der Waals surface area contributed by atoms with Crippen molar-refractivity contribution in [1.82, 2.24) is 45.6 Å². The predicted molar refractivity (Wildman–Crippen MR) is 242 cm³/mol. The van der Waals surface area contributed by atoms with Gasteiger partial charge in [0.2, 0.25) is 51.7 Å². The van der Waals surface area contributed by atoms with Crippen LogP contribution in [-0.4, -0.2) is 102 Å². The van der Waals surface area contributed by atoms with E-state index in [0.29, 0.717) is 75.2 Å². The van der Waals surface area contributed by atoms with Crippen molar-refractivity contribution in [1.29, 1.82) is 0 Å². The lowest BCUT2D eigenvalue weighted by Crippen LogP contribution is -2.49. The fourth-order valence-corrected chi connectivity index (χ4v) is 7.48. The van der Waals surface area contributed by atoms with Crippen LogP contribution in [0.1, 0.15) is 94.1 Å². The Morgan fingerprint density at radius 1 is 0.439 bits per heavy atom. The molecule has 4 heterocycles. The van der Waals surface area contributed by atoms with Crippen molar-refractivity contribution in [3.63, 3.8) is 0 Å². The molecule has 0 radical (unpaired) electrons. The first-order valence-electron chi connectivity index (χ1n) is 22.3. The van der Waals surface area contributed by atoms with Gasteiger partial charge in [0.25, 0.3) is 0 Å². The second-order valence-electron chi connectivity index (χ2n) is 16.4. The molecule has 3 unspecified atom stereocenters. The SMILES string of the molecule is Cc1c(O)c(=O)ccn1CCCCC1NC(=O)CCNC(=O)C(CCCCn2ccc(=O)c(O)c2C)NC(=O)CCNC(=O)C(CCCCn2ccc(=O)c(O)c2C)NC(=O)CCNC1=O. The van der Waals surface area contributed by atoms with Gasteiger partial charge >= 0.3 is 0 Å². The molecule has 21 nitrogen and oxygen atoms in total. The Morgan fingerprint density at radius 3 is 0.955 bits per heavy atom. The monoisotopic (exact) mass is 921 g/mol. The number of amides is 6. The second-order valence-corrected chi connectivity index (χ2v) is 16.4. The van der Waals surface area contributed by atoms with Gasteiger partial charge in [-0.25, -0.2) is 0 Å². The van der Waals surface area contributed by atoms with Crippen LogP contribution in [0, 0.1) is 20.8 Å². The lowest BCUT2D eigenvalue weighted by atomic mass is 10.1. The van der Waals surface area contributed by atoms with Crippen LogP contribution in [0.5, 0.6) is 17.2 Å². The van der Waals surface area contributed by atoms with Crippen LogP contribution in [-0.2, 0) is 48.4 Å². The summed E-state index contributed by atoms with van der Waals surface area (Å²) in [6.07, 6.45) is 7.47. The number of nitrogens with zero attached hydrogens (tertiary/aromatic N) is 3. The number of rotatable bonds is 15. The van der Waals surface area contributed by atoms with Crippen molar-refractivity contribution in [3.8, 4) is 17.2 Å². The smallest absolute Gasteiger partial charge is 0.242 e. The molecular weight excluding hydrogens is 859 g/mol. The highest BCUT2D eigenvalue weighted by Gasteiger charge is 2.25. The maximum Gasteiger partial charge on any atom is 0.242 e. The first-order chi connectivity index (χ1) is 31.5. The van der Waals surface area contributed by atoms with Crippen molar-refractivity contribution >= 4 is 35.4 Å². The van der Waals surface area contributed by atoms with E-state index in [9.17, 15) is 58.5 Å². The average Bonchev–Trinajstić information content (AvgIpc) is 3.28. The maximum atomic E-state index is 13.5. The number of nitrogens with one attached hydrogen (secondary N) is 6. The molecule has 1 aliphatic rings. The number of pyridine rings is 3. The number of hydrogen-bond acceptors (Lipinski definition) is 12. The van der Waals surface area contributed by atoms with E-state index in [0.717, 1.165) is 0 Å². The molecule has 66 heavy (non-hydrogen) atoms. The van der Waals surface area contributed by atoms with Gasteiger partial charge in [0.05, 0.1) is 17.1 Å². The van der Waals surface area contributed by atoms with E-state index < -0.39 is 69.9 Å². The lowest BCUT2D eigenvalue weighted by Gasteiger charge is -2.20. The maximum absolute atomic E-state index is 13.5. The summed E-state index contributed by atoms with van der Waals surface area (Å²) in [6.45, 7) is 5.68. The zero-order chi connectivity index (χ0) is 48.3. The molecule has 4 rings (SSSR count). The van der Waals surface area contributed by atoms with Crippen LogP contribution in [0.2, 0.25) is 0 Å². The van der Waals surface area contributed by atoms with Crippen molar-refractivity contribution in [2.45, 2.75) is 136 Å². The highest BCUT2D eigenvalue weighted by atomic mass is 16.3. The molecule has 3 atom stereocenters. The minimum atomic E-state index is -1.03. The van der Waals surface area contributed by atoms with E-state index in [1.54, 1.807) is 53.1 Å². The number of carbonyl (C=O) groups is 6. The Kier molecular flexibility index (Phi) is 20.0. The van der Waals surface area contributed by atoms with Gasteiger partial charge in [-0.1, -0.05) is 0 Å². The number of unbranched alkanes of at least 4 members (excludes halogenated alkanes) is 3. The van der Waals surface area contributed by atoms with E-state index in [1.165, 1.54) is 18.2 Å². The summed E-state index contributed by atoms with van der Waals surface area (Å²) < 4.78 is 5.11. The minimum Gasteiger partial charge on any atom is -0.503 e. The Balaban J connectivity index is 1.46. The normalized spacial score (nSPS) is 18.5. The molecule has 1 aliphatic heterocycles. The van der Waals surface area contributed by atoms with E-state index in [-0.39, 0.29) is 75.4 Å². The molecule has 0 aromatic carbocycles. The van der Waals surface area contributed by atoms with Crippen LogP contribution in [0.3, 0.4) is 0 Å². The van der Waals surface area contributed by atoms with E-state index in [2.05, 4.69) is 31.9 Å². The zero-order valence-corrected chi connectivity index (χ0v) is 37.8. The fraction of sp³-hybridized carbons (Fsp3) is 0.533. The number of aryl methyl sites for hydroxylation is 3. The Labute approximate surface area is 381 Å². The summed E-state index contributed by atoms with van der Waals surface area (Å²) in [7, 11) is 0. The number of hydrogen-bond donors (Lipinski definition) is 9. The van der Waals surface area contributed by atoms with Crippen molar-refractivity contribution in [2.24, 2.45) is 0 Å².